The van der Waals surface area contributed by atoms with Crippen molar-refractivity contribution in [3.8, 4) is 29.0 Å². The summed E-state index contributed by atoms with van der Waals surface area (Å²) in [5, 5.41) is 23.2. The summed E-state index contributed by atoms with van der Waals surface area (Å²) >= 11 is 1.92. The molecule has 0 N–H and O–H groups in total. The largest absolute Gasteiger partial charge is 0.333 e. The number of thiophene rings is 1. The highest BCUT2D eigenvalue weighted by atomic mass is 32.1. The lowest BCUT2D eigenvalue weighted by atomic mass is 9.85. The number of para-hydroxylation sites is 2. The molecule has 228 valence electrons. The first-order valence-corrected chi connectivity index (χ1v) is 17.2. The predicted octanol–water partition coefficient (Wildman–Crippen LogP) is 11.1. The van der Waals surface area contributed by atoms with Gasteiger partial charge in [-0.15, -0.1) is 11.3 Å². The molecule has 5 heteroatoms. The Kier molecular flexibility index (Phi) is 5.96. The molecular formula is C44H26N4S. The van der Waals surface area contributed by atoms with Gasteiger partial charge in [-0.1, -0.05) is 84.9 Å². The molecule has 2 unspecified atom stereocenters. The molecule has 10 rings (SSSR count). The highest BCUT2D eigenvalue weighted by Crippen LogP contribution is 2.55. The van der Waals surface area contributed by atoms with Gasteiger partial charge in [0.1, 0.15) is 0 Å². The highest BCUT2D eigenvalue weighted by molar-refractivity contribution is 7.19. The number of fused-ring (bicyclic) bond motifs is 10. The van der Waals surface area contributed by atoms with Gasteiger partial charge in [0.05, 0.1) is 46.0 Å². The molecule has 2 aromatic heterocycles. The number of aromatic nitrogens is 1. The van der Waals surface area contributed by atoms with Crippen molar-refractivity contribution in [1.29, 1.82) is 10.5 Å². The number of benzene rings is 6. The number of rotatable bonds is 3. The van der Waals surface area contributed by atoms with Crippen LogP contribution in [0.15, 0.2) is 140 Å². The maximum atomic E-state index is 10.0. The van der Waals surface area contributed by atoms with Crippen molar-refractivity contribution >= 4 is 60.7 Å². The molecule has 0 saturated heterocycles. The molecule has 0 spiro atoms. The zero-order chi connectivity index (χ0) is 32.6. The maximum absolute atomic E-state index is 10.0. The first-order valence-electron chi connectivity index (χ1n) is 16.4. The van der Waals surface area contributed by atoms with Crippen LogP contribution < -0.4 is 4.90 Å². The lowest BCUT2D eigenvalue weighted by Crippen LogP contribution is -2.29. The topological polar surface area (TPSA) is 55.8 Å². The Hall–Kier alpha value is -6.40. The summed E-state index contributed by atoms with van der Waals surface area (Å²) in [4.78, 5) is 3.92. The van der Waals surface area contributed by atoms with E-state index in [1.807, 2.05) is 53.8 Å². The molecule has 4 nitrogen and oxygen atoms in total. The third-order valence-electron chi connectivity index (χ3n) is 10.2. The van der Waals surface area contributed by atoms with E-state index >= 15 is 0 Å². The molecule has 2 atom stereocenters. The molecule has 0 fully saturated rings. The van der Waals surface area contributed by atoms with Crippen molar-refractivity contribution in [3.05, 3.63) is 167 Å². The zero-order valence-electron chi connectivity index (χ0n) is 26.2. The van der Waals surface area contributed by atoms with Gasteiger partial charge in [-0.25, -0.2) is 0 Å². The van der Waals surface area contributed by atoms with Crippen LogP contribution in [0.25, 0.3) is 54.8 Å². The van der Waals surface area contributed by atoms with Gasteiger partial charge in [0.25, 0.3) is 0 Å². The van der Waals surface area contributed by atoms with Crippen LogP contribution >= 0.6 is 11.3 Å². The Morgan fingerprint density at radius 1 is 0.612 bits per heavy atom. The third kappa shape index (κ3) is 4.01. The van der Waals surface area contributed by atoms with Crippen LogP contribution in [0, 0.1) is 22.7 Å². The van der Waals surface area contributed by atoms with E-state index in [4.69, 9.17) is 0 Å². The van der Waals surface area contributed by atoms with Crippen LogP contribution in [0.1, 0.15) is 33.0 Å². The van der Waals surface area contributed by atoms with Crippen molar-refractivity contribution in [1.82, 2.24) is 4.57 Å². The second-order valence-corrected chi connectivity index (χ2v) is 13.8. The quantitative estimate of drug-likeness (QED) is 0.193. The normalized spacial score (nSPS) is 16.0. The summed E-state index contributed by atoms with van der Waals surface area (Å²) in [6.45, 7) is 0. The van der Waals surface area contributed by atoms with Gasteiger partial charge in [-0.05, 0) is 82.7 Å². The summed E-state index contributed by atoms with van der Waals surface area (Å²) in [6, 6.07) is 51.3. The average molecular weight is 643 g/mol. The molecule has 8 aromatic rings. The van der Waals surface area contributed by atoms with E-state index in [-0.39, 0.29) is 12.0 Å². The molecule has 3 heterocycles. The first kappa shape index (κ1) is 27.7. The molecule has 6 aromatic carbocycles. The summed E-state index contributed by atoms with van der Waals surface area (Å²) in [6.07, 6.45) is 4.72. The Morgan fingerprint density at radius 2 is 1.35 bits per heavy atom. The maximum Gasteiger partial charge on any atom is 0.0992 e. The second kappa shape index (κ2) is 10.6. The van der Waals surface area contributed by atoms with Gasteiger partial charge < -0.3 is 9.47 Å². The second-order valence-electron chi connectivity index (χ2n) is 12.7. The van der Waals surface area contributed by atoms with Crippen LogP contribution in [0.4, 0.5) is 11.4 Å². The van der Waals surface area contributed by atoms with Gasteiger partial charge in [0.2, 0.25) is 0 Å². The molecule has 2 aliphatic rings. The molecule has 49 heavy (non-hydrogen) atoms. The lowest BCUT2D eigenvalue weighted by Gasteiger charge is -2.30. The number of anilines is 2. The fraction of sp³-hybridized carbons (Fsp3) is 0.0455. The fourth-order valence-electron chi connectivity index (χ4n) is 8.08. The van der Waals surface area contributed by atoms with Gasteiger partial charge >= 0.3 is 0 Å². The van der Waals surface area contributed by atoms with Gasteiger partial charge in [-0.2, -0.15) is 10.5 Å². The fourth-order valence-corrected chi connectivity index (χ4v) is 9.44. The molecule has 0 bridgehead atoms. The Bertz CT molecular complexity index is 2770. The first-order chi connectivity index (χ1) is 24.2. The van der Waals surface area contributed by atoms with Gasteiger partial charge in [0.15, 0.2) is 0 Å². The zero-order valence-corrected chi connectivity index (χ0v) is 27.0. The van der Waals surface area contributed by atoms with E-state index in [2.05, 4.69) is 125 Å². The highest BCUT2D eigenvalue weighted by Gasteiger charge is 2.42. The Balaban J connectivity index is 1.22. The minimum atomic E-state index is 0.153. The number of nitrogens with zero attached hydrogens (tertiary/aromatic N) is 4. The van der Waals surface area contributed by atoms with E-state index in [0.29, 0.717) is 11.1 Å². The van der Waals surface area contributed by atoms with Crippen LogP contribution in [0.5, 0.6) is 0 Å². The summed E-state index contributed by atoms with van der Waals surface area (Å²) < 4.78 is 3.57. The number of nitriles is 2. The van der Waals surface area contributed by atoms with E-state index in [1.54, 1.807) is 0 Å². The summed E-state index contributed by atoms with van der Waals surface area (Å²) in [5.41, 5.74) is 11.3. The summed E-state index contributed by atoms with van der Waals surface area (Å²) in [7, 11) is 0. The van der Waals surface area contributed by atoms with Gasteiger partial charge in [0, 0.05) is 43.2 Å². The van der Waals surface area contributed by atoms with E-state index < -0.39 is 0 Å². The minimum absolute atomic E-state index is 0.153. The van der Waals surface area contributed by atoms with Crippen molar-refractivity contribution < 1.29 is 0 Å². The molecule has 1 aliphatic heterocycles. The molecular weight excluding hydrogens is 617 g/mol. The predicted molar refractivity (Wildman–Crippen MR) is 201 cm³/mol. The van der Waals surface area contributed by atoms with Gasteiger partial charge in [-0.3, -0.25) is 0 Å². The standard InChI is InChI=1S/C44H26N4S/c45-25-27-15-20-38-36(22-27)32-10-4-6-12-37(32)48(38)40-23-28(26-46)14-17-31(40)29-16-18-35-41(24-29)47(30-8-2-1-3-9-30)39-21-19-34-33-11-5-7-13-42(33)49-44(34)43(35)39/h1-24,39,43H. The average Bonchev–Trinajstić information content (AvgIpc) is 3.82. The molecule has 0 amide bonds. The lowest BCUT2D eigenvalue weighted by molar-refractivity contribution is 0.737. The van der Waals surface area contributed by atoms with Crippen LogP contribution in [-0.2, 0) is 0 Å². The van der Waals surface area contributed by atoms with Crippen molar-refractivity contribution in [2.45, 2.75) is 12.0 Å². The summed E-state index contributed by atoms with van der Waals surface area (Å²) in [5.74, 6) is 0.216. The molecule has 0 radical (unpaired) electrons. The minimum Gasteiger partial charge on any atom is -0.333 e. The number of hydrogen-bond acceptors (Lipinski definition) is 4. The molecule has 1 aliphatic carbocycles. The van der Waals surface area contributed by atoms with Crippen LogP contribution in [0.2, 0.25) is 0 Å². The van der Waals surface area contributed by atoms with E-state index in [0.717, 1.165) is 38.6 Å². The monoisotopic (exact) mass is 642 g/mol. The van der Waals surface area contributed by atoms with Crippen LogP contribution in [0.3, 0.4) is 0 Å². The third-order valence-corrected chi connectivity index (χ3v) is 11.5. The SMILES string of the molecule is N#Cc1ccc(-c2ccc3c(c2)N(c2ccccc2)C2C=Cc4c(sc5ccccc45)C32)c(-n2c3ccccc3c3cc(C#N)ccc32)c1. The van der Waals surface area contributed by atoms with Crippen molar-refractivity contribution in [2.75, 3.05) is 4.90 Å². The van der Waals surface area contributed by atoms with Crippen LogP contribution in [-0.4, -0.2) is 10.6 Å². The van der Waals surface area contributed by atoms with Crippen molar-refractivity contribution in [3.63, 3.8) is 0 Å². The Labute approximate surface area is 287 Å². The van der Waals surface area contributed by atoms with Crippen molar-refractivity contribution in [2.24, 2.45) is 0 Å². The number of hydrogen-bond donors (Lipinski definition) is 0. The molecule has 0 saturated carbocycles. The van der Waals surface area contributed by atoms with E-state index in [9.17, 15) is 10.5 Å². The van der Waals surface area contributed by atoms with E-state index in [1.165, 1.54) is 37.5 Å². The smallest absolute Gasteiger partial charge is 0.0992 e. The Morgan fingerprint density at radius 3 is 2.20 bits per heavy atom.